The van der Waals surface area contributed by atoms with Crippen LogP contribution in [0.2, 0.25) is 0 Å². The zero-order valence-corrected chi connectivity index (χ0v) is 13.2. The smallest absolute Gasteiger partial charge is 0.328 e. The molecule has 0 aliphatic carbocycles. The maximum atomic E-state index is 11.8. The Morgan fingerprint density at radius 2 is 2.21 bits per heavy atom. The number of hydrogen-bond acceptors (Lipinski definition) is 5. The Balaban J connectivity index is 2.96. The molecule has 19 heavy (non-hydrogen) atoms. The fraction of sp³-hybridized carbons (Fsp3) is 0.538. The predicted molar refractivity (Wildman–Crippen MR) is 80.0 cm³/mol. The van der Waals surface area contributed by atoms with E-state index >= 15 is 0 Å². The largest absolute Gasteiger partial charge is 0.467 e. The van der Waals surface area contributed by atoms with Gasteiger partial charge in [-0.25, -0.2) is 9.78 Å². The van der Waals surface area contributed by atoms with Crippen LogP contribution in [0.4, 0.5) is 11.5 Å². The van der Waals surface area contributed by atoms with E-state index in [0.29, 0.717) is 23.8 Å². The standard InChI is InChI=1S/C13H20BrN3O2/c1-7(2)5-10(13(18)19-4)17-12-11(14)8(3)9(15)6-16-12/h6-7,10H,5,15H2,1-4H3,(H,16,17). The first-order chi connectivity index (χ1) is 8.86. The summed E-state index contributed by atoms with van der Waals surface area (Å²) in [6, 6.07) is -0.420. The first kappa shape index (κ1) is 15.8. The Hall–Kier alpha value is -1.30. The van der Waals surface area contributed by atoms with Crippen molar-refractivity contribution in [1.82, 2.24) is 4.98 Å². The number of nitrogens with one attached hydrogen (secondary N) is 1. The maximum absolute atomic E-state index is 11.8. The van der Waals surface area contributed by atoms with Gasteiger partial charge in [-0.2, -0.15) is 0 Å². The average molecular weight is 330 g/mol. The van der Waals surface area contributed by atoms with Gasteiger partial charge in [-0.05, 0) is 40.8 Å². The van der Waals surface area contributed by atoms with Crippen molar-refractivity contribution in [2.24, 2.45) is 5.92 Å². The third-order valence-electron chi connectivity index (χ3n) is 2.81. The molecule has 0 bridgehead atoms. The van der Waals surface area contributed by atoms with Crippen LogP contribution in [-0.2, 0) is 9.53 Å². The van der Waals surface area contributed by atoms with Gasteiger partial charge in [0.2, 0.25) is 0 Å². The second-order valence-corrected chi connectivity index (χ2v) is 5.64. The summed E-state index contributed by atoms with van der Waals surface area (Å²) in [7, 11) is 1.38. The number of halogens is 1. The Morgan fingerprint density at radius 3 is 2.74 bits per heavy atom. The third kappa shape index (κ3) is 4.09. The summed E-state index contributed by atoms with van der Waals surface area (Å²) in [5.41, 5.74) is 7.28. The van der Waals surface area contributed by atoms with Crippen LogP contribution in [0.15, 0.2) is 10.7 Å². The van der Waals surface area contributed by atoms with Crippen molar-refractivity contribution in [2.45, 2.75) is 33.2 Å². The number of nitrogens with zero attached hydrogens (tertiary/aromatic N) is 1. The first-order valence-corrected chi connectivity index (χ1v) is 6.91. The van der Waals surface area contributed by atoms with E-state index < -0.39 is 6.04 Å². The number of hydrogen-bond donors (Lipinski definition) is 2. The highest BCUT2D eigenvalue weighted by Crippen LogP contribution is 2.28. The van der Waals surface area contributed by atoms with Crippen LogP contribution in [0.25, 0.3) is 0 Å². The number of rotatable bonds is 5. The third-order valence-corrected chi connectivity index (χ3v) is 3.78. The van der Waals surface area contributed by atoms with Gasteiger partial charge in [0.1, 0.15) is 11.9 Å². The van der Waals surface area contributed by atoms with E-state index in [0.717, 1.165) is 10.0 Å². The van der Waals surface area contributed by atoms with Crippen molar-refractivity contribution in [3.63, 3.8) is 0 Å². The second kappa shape index (κ2) is 6.75. The summed E-state index contributed by atoms with van der Waals surface area (Å²) >= 11 is 3.44. The van der Waals surface area contributed by atoms with E-state index in [1.54, 1.807) is 6.20 Å². The van der Waals surface area contributed by atoms with Gasteiger partial charge in [0.05, 0.1) is 23.5 Å². The molecular formula is C13H20BrN3O2. The molecule has 0 saturated heterocycles. The molecule has 0 amide bonds. The maximum Gasteiger partial charge on any atom is 0.328 e. The fourth-order valence-electron chi connectivity index (χ4n) is 1.69. The summed E-state index contributed by atoms with van der Waals surface area (Å²) in [5.74, 6) is 0.671. The summed E-state index contributed by atoms with van der Waals surface area (Å²) in [6.07, 6.45) is 2.25. The summed E-state index contributed by atoms with van der Waals surface area (Å²) in [5, 5.41) is 3.11. The lowest BCUT2D eigenvalue weighted by molar-refractivity contribution is -0.141. The molecule has 1 atom stereocenters. The van der Waals surface area contributed by atoms with Crippen molar-refractivity contribution in [2.75, 3.05) is 18.2 Å². The van der Waals surface area contributed by atoms with E-state index in [1.807, 2.05) is 20.8 Å². The highest BCUT2D eigenvalue weighted by Gasteiger charge is 2.22. The van der Waals surface area contributed by atoms with Gasteiger partial charge in [-0.1, -0.05) is 13.8 Å². The molecule has 0 aliphatic heterocycles. The molecule has 0 fully saturated rings. The Morgan fingerprint density at radius 1 is 1.58 bits per heavy atom. The lowest BCUT2D eigenvalue weighted by atomic mass is 10.0. The number of aromatic nitrogens is 1. The Kier molecular flexibility index (Phi) is 5.60. The van der Waals surface area contributed by atoms with Gasteiger partial charge in [0, 0.05) is 0 Å². The van der Waals surface area contributed by atoms with Crippen molar-refractivity contribution in [1.29, 1.82) is 0 Å². The average Bonchev–Trinajstić information content (AvgIpc) is 2.37. The molecule has 0 radical (unpaired) electrons. The first-order valence-electron chi connectivity index (χ1n) is 6.11. The molecular weight excluding hydrogens is 310 g/mol. The summed E-state index contributed by atoms with van der Waals surface area (Å²) in [6.45, 7) is 5.99. The monoisotopic (exact) mass is 329 g/mol. The molecule has 3 N–H and O–H groups in total. The molecule has 0 spiro atoms. The van der Waals surface area contributed by atoms with Crippen LogP contribution in [0.1, 0.15) is 25.8 Å². The molecule has 1 aromatic heterocycles. The lowest BCUT2D eigenvalue weighted by Crippen LogP contribution is -2.32. The molecule has 6 heteroatoms. The predicted octanol–water partition coefficient (Wildman–Crippen LogP) is 2.73. The van der Waals surface area contributed by atoms with Crippen LogP contribution < -0.4 is 11.1 Å². The lowest BCUT2D eigenvalue weighted by Gasteiger charge is -2.20. The van der Waals surface area contributed by atoms with Gasteiger partial charge in [-0.3, -0.25) is 0 Å². The van der Waals surface area contributed by atoms with E-state index in [1.165, 1.54) is 7.11 Å². The normalized spacial score (nSPS) is 12.3. The van der Waals surface area contributed by atoms with Gasteiger partial charge in [0.15, 0.2) is 0 Å². The highest BCUT2D eigenvalue weighted by molar-refractivity contribution is 9.10. The molecule has 0 aliphatic rings. The number of nitrogens with two attached hydrogens (primary N) is 1. The molecule has 0 aromatic carbocycles. The minimum atomic E-state index is -0.420. The Labute approximate surface area is 122 Å². The number of pyridine rings is 1. The molecule has 1 rings (SSSR count). The molecule has 1 heterocycles. The zero-order valence-electron chi connectivity index (χ0n) is 11.7. The molecule has 1 unspecified atom stereocenters. The molecule has 1 aromatic rings. The Bertz CT molecular complexity index is 463. The minimum absolute atomic E-state index is 0.295. The van der Waals surface area contributed by atoms with Crippen molar-refractivity contribution in [3.05, 3.63) is 16.2 Å². The minimum Gasteiger partial charge on any atom is -0.467 e. The van der Waals surface area contributed by atoms with Gasteiger partial charge < -0.3 is 15.8 Å². The van der Waals surface area contributed by atoms with Crippen LogP contribution in [0.3, 0.4) is 0 Å². The molecule has 106 valence electrons. The van der Waals surface area contributed by atoms with Crippen molar-refractivity contribution >= 4 is 33.4 Å². The van der Waals surface area contributed by atoms with Gasteiger partial charge >= 0.3 is 5.97 Å². The number of nitrogen functional groups attached to an aromatic ring is 1. The number of ether oxygens (including phenoxy) is 1. The number of carbonyl (C=O) groups is 1. The number of carbonyl (C=O) groups excluding carboxylic acids is 1. The summed E-state index contributed by atoms with van der Waals surface area (Å²) in [4.78, 5) is 16.0. The number of anilines is 2. The van der Waals surface area contributed by atoms with E-state index in [2.05, 4.69) is 26.2 Å². The topological polar surface area (TPSA) is 77.2 Å². The number of methoxy groups -OCH3 is 1. The van der Waals surface area contributed by atoms with Crippen LogP contribution >= 0.6 is 15.9 Å². The van der Waals surface area contributed by atoms with Crippen LogP contribution in [0.5, 0.6) is 0 Å². The summed E-state index contributed by atoms with van der Waals surface area (Å²) < 4.78 is 5.58. The second-order valence-electron chi connectivity index (χ2n) is 4.85. The van der Waals surface area contributed by atoms with E-state index in [4.69, 9.17) is 10.5 Å². The highest BCUT2D eigenvalue weighted by atomic mass is 79.9. The van der Waals surface area contributed by atoms with E-state index in [-0.39, 0.29) is 5.97 Å². The molecule has 0 saturated carbocycles. The van der Waals surface area contributed by atoms with Crippen molar-refractivity contribution in [3.8, 4) is 0 Å². The van der Waals surface area contributed by atoms with Gasteiger partial charge in [0.25, 0.3) is 0 Å². The zero-order chi connectivity index (χ0) is 14.6. The molecule has 5 nitrogen and oxygen atoms in total. The van der Waals surface area contributed by atoms with Gasteiger partial charge in [-0.15, -0.1) is 0 Å². The fourth-order valence-corrected chi connectivity index (χ4v) is 2.13. The van der Waals surface area contributed by atoms with Crippen LogP contribution in [-0.4, -0.2) is 24.1 Å². The quantitative estimate of drug-likeness (QED) is 0.812. The van der Waals surface area contributed by atoms with Crippen LogP contribution in [0, 0.1) is 12.8 Å². The van der Waals surface area contributed by atoms with E-state index in [9.17, 15) is 4.79 Å². The SMILES string of the molecule is COC(=O)C(CC(C)C)Nc1ncc(N)c(C)c1Br. The number of esters is 1. The van der Waals surface area contributed by atoms with Crippen molar-refractivity contribution < 1.29 is 9.53 Å².